The van der Waals surface area contributed by atoms with Crippen molar-refractivity contribution in [2.24, 2.45) is 13.0 Å². The predicted molar refractivity (Wildman–Crippen MR) is 116 cm³/mol. The van der Waals surface area contributed by atoms with E-state index in [9.17, 15) is 13.2 Å². The predicted octanol–water partition coefficient (Wildman–Crippen LogP) is 3.04. The van der Waals surface area contributed by atoms with E-state index in [1.54, 1.807) is 0 Å². The Balaban J connectivity index is 1.63. The standard InChI is InChI=1S/C20H28N4O3S2/c1-13(2)16-7-5-6-8-17(16)21-19(25)14(3)28-20-23-22-18(24(20)4)11-15-9-10-29(26,27)12-15/h5-8,13-15H,9-12H2,1-4H3,(H,21,25). The van der Waals surface area contributed by atoms with Crippen molar-refractivity contribution in [2.75, 3.05) is 16.8 Å². The van der Waals surface area contributed by atoms with Gasteiger partial charge >= 0.3 is 0 Å². The van der Waals surface area contributed by atoms with Gasteiger partial charge in [0.2, 0.25) is 5.91 Å². The van der Waals surface area contributed by atoms with E-state index < -0.39 is 9.84 Å². The Morgan fingerprint density at radius 3 is 2.66 bits per heavy atom. The fourth-order valence-electron chi connectivity index (χ4n) is 3.48. The molecule has 1 aliphatic rings. The molecule has 1 fully saturated rings. The third-order valence-corrected chi connectivity index (χ3v) is 8.19. The highest BCUT2D eigenvalue weighted by Crippen LogP contribution is 2.28. The summed E-state index contributed by atoms with van der Waals surface area (Å²) in [5.41, 5.74) is 1.94. The van der Waals surface area contributed by atoms with E-state index in [1.165, 1.54) is 11.8 Å². The van der Waals surface area contributed by atoms with Crippen LogP contribution in [0.4, 0.5) is 5.69 Å². The molecule has 2 heterocycles. The first-order valence-electron chi connectivity index (χ1n) is 9.81. The largest absolute Gasteiger partial charge is 0.325 e. The van der Waals surface area contributed by atoms with Crippen molar-refractivity contribution in [1.82, 2.24) is 14.8 Å². The van der Waals surface area contributed by atoms with Crippen LogP contribution in [0.2, 0.25) is 0 Å². The van der Waals surface area contributed by atoms with Crippen molar-refractivity contribution >= 4 is 33.2 Å². The number of anilines is 1. The molecule has 1 aliphatic heterocycles. The molecule has 2 aromatic rings. The molecule has 0 bridgehead atoms. The molecule has 3 rings (SSSR count). The molecule has 1 amide bonds. The zero-order chi connectivity index (χ0) is 21.2. The molecule has 0 spiro atoms. The Hall–Kier alpha value is -1.87. The molecule has 1 saturated heterocycles. The highest BCUT2D eigenvalue weighted by Gasteiger charge is 2.29. The van der Waals surface area contributed by atoms with E-state index in [2.05, 4.69) is 29.4 Å². The van der Waals surface area contributed by atoms with Crippen molar-refractivity contribution in [3.8, 4) is 0 Å². The summed E-state index contributed by atoms with van der Waals surface area (Å²) in [6, 6.07) is 7.83. The van der Waals surface area contributed by atoms with Gasteiger partial charge in [-0.15, -0.1) is 10.2 Å². The van der Waals surface area contributed by atoms with E-state index in [0.29, 0.717) is 23.9 Å². The van der Waals surface area contributed by atoms with Crippen LogP contribution < -0.4 is 5.32 Å². The fourth-order valence-corrected chi connectivity index (χ4v) is 6.17. The van der Waals surface area contributed by atoms with Gasteiger partial charge in [0, 0.05) is 19.2 Å². The summed E-state index contributed by atoms with van der Waals surface area (Å²) in [4.78, 5) is 12.7. The Kier molecular flexibility index (Phi) is 6.68. The van der Waals surface area contributed by atoms with Crippen molar-refractivity contribution in [3.63, 3.8) is 0 Å². The average Bonchev–Trinajstić information content (AvgIpc) is 3.18. The maximum absolute atomic E-state index is 12.7. The molecular formula is C20H28N4O3S2. The topological polar surface area (TPSA) is 93.9 Å². The van der Waals surface area contributed by atoms with E-state index in [4.69, 9.17) is 0 Å². The number of hydrogen-bond donors (Lipinski definition) is 1. The number of nitrogens with zero attached hydrogens (tertiary/aromatic N) is 3. The Labute approximate surface area is 176 Å². The molecule has 9 heteroatoms. The van der Waals surface area contributed by atoms with Gasteiger partial charge < -0.3 is 9.88 Å². The second-order valence-electron chi connectivity index (χ2n) is 7.92. The van der Waals surface area contributed by atoms with E-state index >= 15 is 0 Å². The molecule has 2 atom stereocenters. The Morgan fingerprint density at radius 2 is 2.00 bits per heavy atom. The van der Waals surface area contributed by atoms with Gasteiger partial charge in [-0.2, -0.15) is 0 Å². The smallest absolute Gasteiger partial charge is 0.237 e. The third kappa shape index (κ3) is 5.39. The van der Waals surface area contributed by atoms with Crippen LogP contribution in [0.3, 0.4) is 0 Å². The number of hydrogen-bond acceptors (Lipinski definition) is 6. The van der Waals surface area contributed by atoms with Crippen LogP contribution in [0.1, 0.15) is 44.5 Å². The lowest BCUT2D eigenvalue weighted by molar-refractivity contribution is -0.115. The van der Waals surface area contributed by atoms with Gasteiger partial charge in [-0.3, -0.25) is 4.79 Å². The lowest BCUT2D eigenvalue weighted by Gasteiger charge is -2.16. The molecule has 29 heavy (non-hydrogen) atoms. The molecule has 0 aliphatic carbocycles. The second-order valence-corrected chi connectivity index (χ2v) is 11.5. The van der Waals surface area contributed by atoms with E-state index in [-0.39, 0.29) is 28.6 Å². The summed E-state index contributed by atoms with van der Waals surface area (Å²) in [7, 11) is -1.05. The monoisotopic (exact) mass is 436 g/mol. The van der Waals surface area contributed by atoms with Gasteiger partial charge in [-0.25, -0.2) is 8.42 Å². The molecule has 1 aromatic carbocycles. The van der Waals surface area contributed by atoms with Crippen molar-refractivity contribution in [3.05, 3.63) is 35.7 Å². The van der Waals surface area contributed by atoms with Crippen LogP contribution in [-0.4, -0.2) is 45.8 Å². The molecule has 158 valence electrons. The van der Waals surface area contributed by atoms with Crippen LogP contribution in [0, 0.1) is 5.92 Å². The highest BCUT2D eigenvalue weighted by molar-refractivity contribution is 8.00. The molecule has 2 unspecified atom stereocenters. The number of carbonyl (C=O) groups excluding carboxylic acids is 1. The zero-order valence-electron chi connectivity index (χ0n) is 17.3. The zero-order valence-corrected chi connectivity index (χ0v) is 18.9. The summed E-state index contributed by atoms with van der Waals surface area (Å²) >= 11 is 1.35. The minimum Gasteiger partial charge on any atom is -0.325 e. The van der Waals surface area contributed by atoms with Crippen LogP contribution in [-0.2, 0) is 28.1 Å². The normalized spacial score (nSPS) is 19.4. The minimum atomic E-state index is -2.91. The van der Waals surface area contributed by atoms with Crippen LogP contribution >= 0.6 is 11.8 Å². The number of nitrogens with one attached hydrogen (secondary N) is 1. The summed E-state index contributed by atoms with van der Waals surface area (Å²) in [6.07, 6.45) is 1.26. The number of para-hydroxylation sites is 1. The molecule has 0 saturated carbocycles. The first kappa shape index (κ1) is 21.8. The Morgan fingerprint density at radius 1 is 1.28 bits per heavy atom. The quantitative estimate of drug-likeness (QED) is 0.671. The highest BCUT2D eigenvalue weighted by atomic mass is 32.2. The molecular weight excluding hydrogens is 408 g/mol. The number of carbonyl (C=O) groups is 1. The number of aromatic nitrogens is 3. The first-order chi connectivity index (χ1) is 13.7. The first-order valence-corrected chi connectivity index (χ1v) is 12.5. The average molecular weight is 437 g/mol. The maximum Gasteiger partial charge on any atom is 0.237 e. The van der Waals surface area contributed by atoms with Gasteiger partial charge in [0.1, 0.15) is 5.82 Å². The fraction of sp³-hybridized carbons (Fsp3) is 0.550. The van der Waals surface area contributed by atoms with Gasteiger partial charge in [0.05, 0.1) is 16.8 Å². The Bertz CT molecular complexity index is 985. The van der Waals surface area contributed by atoms with Crippen LogP contribution in [0.25, 0.3) is 0 Å². The molecule has 0 radical (unpaired) electrons. The minimum absolute atomic E-state index is 0.0884. The summed E-state index contributed by atoms with van der Waals surface area (Å²) < 4.78 is 25.2. The number of amides is 1. The summed E-state index contributed by atoms with van der Waals surface area (Å²) in [6.45, 7) is 6.04. The number of benzene rings is 1. The van der Waals surface area contributed by atoms with Crippen LogP contribution in [0.5, 0.6) is 0 Å². The third-order valence-electron chi connectivity index (χ3n) is 5.22. The number of rotatable bonds is 7. The SMILES string of the molecule is CC(Sc1nnc(CC2CCS(=O)(=O)C2)n1C)C(=O)Nc1ccccc1C(C)C. The van der Waals surface area contributed by atoms with Crippen molar-refractivity contribution in [2.45, 2.75) is 49.9 Å². The molecule has 1 N–H and O–H groups in total. The van der Waals surface area contributed by atoms with Gasteiger partial charge in [-0.05, 0) is 36.8 Å². The number of thioether (sulfide) groups is 1. The molecule has 1 aromatic heterocycles. The van der Waals surface area contributed by atoms with Crippen LogP contribution in [0.15, 0.2) is 29.4 Å². The number of sulfone groups is 1. The van der Waals surface area contributed by atoms with E-state index in [0.717, 1.165) is 17.1 Å². The van der Waals surface area contributed by atoms with Gasteiger partial charge in [0.15, 0.2) is 15.0 Å². The summed E-state index contributed by atoms with van der Waals surface area (Å²) in [5, 5.41) is 11.8. The maximum atomic E-state index is 12.7. The second kappa shape index (κ2) is 8.87. The van der Waals surface area contributed by atoms with E-state index in [1.807, 2.05) is 42.8 Å². The van der Waals surface area contributed by atoms with Gasteiger partial charge in [0.25, 0.3) is 0 Å². The van der Waals surface area contributed by atoms with Crippen molar-refractivity contribution in [1.29, 1.82) is 0 Å². The lowest BCUT2D eigenvalue weighted by Crippen LogP contribution is -2.23. The molecule has 7 nitrogen and oxygen atoms in total. The summed E-state index contributed by atoms with van der Waals surface area (Å²) in [5.74, 6) is 1.55. The van der Waals surface area contributed by atoms with Crippen molar-refractivity contribution < 1.29 is 13.2 Å². The lowest BCUT2D eigenvalue weighted by atomic mass is 10.0. The van der Waals surface area contributed by atoms with Gasteiger partial charge in [-0.1, -0.05) is 43.8 Å².